The molecule has 4 nitrogen and oxygen atoms in total. The minimum absolute atomic E-state index is 0.198. The average Bonchev–Trinajstić information content (AvgIpc) is 2.78. The van der Waals surface area contributed by atoms with Crippen molar-refractivity contribution in [1.29, 1.82) is 0 Å². The van der Waals surface area contributed by atoms with Gasteiger partial charge in [-0.3, -0.25) is 4.72 Å². The van der Waals surface area contributed by atoms with Crippen LogP contribution in [0.1, 0.15) is 5.56 Å². The first-order chi connectivity index (χ1) is 16.0. The van der Waals surface area contributed by atoms with Gasteiger partial charge in [0.25, 0.3) is 0 Å². The highest BCUT2D eigenvalue weighted by atomic mass is 35.5. The fourth-order valence-corrected chi connectivity index (χ4v) is 4.18. The topological polar surface area (TPSA) is 55.4 Å². The number of nitrogens with one attached hydrogen (secondary N) is 1. The summed E-state index contributed by atoms with van der Waals surface area (Å²) in [7, 11) is -5.50. The number of fused-ring (bicyclic) bond motifs is 1. The van der Waals surface area contributed by atoms with Crippen molar-refractivity contribution in [2.75, 3.05) is 4.72 Å². The Hall–Kier alpha value is -2.94. The second kappa shape index (κ2) is 9.37. The Morgan fingerprint density at radius 1 is 0.824 bits per heavy atom. The molecule has 0 saturated carbocycles. The maximum Gasteiger partial charge on any atom is 0.516 e. The molecular formula is C24H16Cl2F3NO3S. The summed E-state index contributed by atoms with van der Waals surface area (Å²) in [5.74, 6) is 0.502. The van der Waals surface area contributed by atoms with Crippen LogP contribution in [0.5, 0.6) is 5.75 Å². The SMILES string of the molecule is O=S(=O)(Nc1ccc2c(OCc3cccc(-c4ccc(Cl)c(Cl)c4)c3)cccc2c1)C(F)(F)F. The van der Waals surface area contributed by atoms with Crippen LogP contribution in [-0.4, -0.2) is 13.9 Å². The van der Waals surface area contributed by atoms with Crippen LogP contribution in [0, 0.1) is 0 Å². The zero-order valence-electron chi connectivity index (χ0n) is 17.2. The van der Waals surface area contributed by atoms with Crippen LogP contribution in [0.15, 0.2) is 78.9 Å². The van der Waals surface area contributed by atoms with E-state index in [0.717, 1.165) is 16.7 Å². The van der Waals surface area contributed by atoms with Gasteiger partial charge in [0.2, 0.25) is 0 Å². The zero-order chi connectivity index (χ0) is 24.5. The van der Waals surface area contributed by atoms with Crippen molar-refractivity contribution in [3.05, 3.63) is 94.5 Å². The Morgan fingerprint density at radius 2 is 1.56 bits per heavy atom. The van der Waals surface area contributed by atoms with Gasteiger partial charge in [0.05, 0.1) is 10.0 Å². The molecule has 4 rings (SSSR count). The summed E-state index contributed by atoms with van der Waals surface area (Å²) in [4.78, 5) is 0. The molecular weight excluding hydrogens is 510 g/mol. The lowest BCUT2D eigenvalue weighted by Gasteiger charge is -2.13. The van der Waals surface area contributed by atoms with E-state index in [2.05, 4.69) is 0 Å². The molecule has 0 atom stereocenters. The van der Waals surface area contributed by atoms with Gasteiger partial charge in [-0.15, -0.1) is 0 Å². The third kappa shape index (κ3) is 5.24. The lowest BCUT2D eigenvalue weighted by molar-refractivity contribution is -0.0429. The molecule has 34 heavy (non-hydrogen) atoms. The van der Waals surface area contributed by atoms with Crippen LogP contribution in [0.2, 0.25) is 10.0 Å². The second-order valence-electron chi connectivity index (χ2n) is 7.36. The standard InChI is InChI=1S/C24H16Cl2F3NO3S/c25-21-10-7-17(13-22(21)26)16-4-1-3-15(11-16)14-33-23-6-2-5-18-12-19(8-9-20(18)23)30-34(31,32)24(27,28)29/h1-13,30H,14H2. The highest BCUT2D eigenvalue weighted by Crippen LogP contribution is 2.32. The first-order valence-electron chi connectivity index (χ1n) is 9.82. The van der Waals surface area contributed by atoms with Crippen molar-refractivity contribution < 1.29 is 26.3 Å². The van der Waals surface area contributed by atoms with Crippen LogP contribution in [0.25, 0.3) is 21.9 Å². The average molecular weight is 526 g/mol. The van der Waals surface area contributed by atoms with Gasteiger partial charge in [-0.05, 0) is 64.5 Å². The van der Waals surface area contributed by atoms with E-state index in [0.29, 0.717) is 26.6 Å². The lowest BCUT2D eigenvalue weighted by Crippen LogP contribution is -2.29. The second-order valence-corrected chi connectivity index (χ2v) is 9.85. The number of hydrogen-bond acceptors (Lipinski definition) is 3. The highest BCUT2D eigenvalue weighted by molar-refractivity contribution is 7.93. The monoisotopic (exact) mass is 525 g/mol. The van der Waals surface area contributed by atoms with Gasteiger partial charge in [0.15, 0.2) is 0 Å². The molecule has 176 valence electrons. The van der Waals surface area contributed by atoms with E-state index in [1.807, 2.05) is 30.3 Å². The number of benzene rings is 4. The van der Waals surface area contributed by atoms with E-state index in [1.165, 1.54) is 18.2 Å². The molecule has 0 spiro atoms. The molecule has 0 amide bonds. The van der Waals surface area contributed by atoms with Crippen molar-refractivity contribution >= 4 is 49.7 Å². The smallest absolute Gasteiger partial charge is 0.488 e. The molecule has 0 aliphatic heterocycles. The third-order valence-corrected chi connectivity index (χ3v) is 6.82. The molecule has 1 N–H and O–H groups in total. The summed E-state index contributed by atoms with van der Waals surface area (Å²) in [5, 5.41) is 2.06. The Balaban J connectivity index is 1.55. The molecule has 0 aliphatic carbocycles. The molecule has 0 heterocycles. The van der Waals surface area contributed by atoms with E-state index >= 15 is 0 Å². The van der Waals surface area contributed by atoms with Crippen LogP contribution in [0.4, 0.5) is 18.9 Å². The Labute approximate surface area is 203 Å². The van der Waals surface area contributed by atoms with Gasteiger partial charge in [0, 0.05) is 11.1 Å². The summed E-state index contributed by atoms with van der Waals surface area (Å²) in [5.41, 5.74) is -2.89. The lowest BCUT2D eigenvalue weighted by atomic mass is 10.0. The maximum atomic E-state index is 12.6. The number of rotatable bonds is 6. The fourth-order valence-electron chi connectivity index (χ4n) is 3.33. The molecule has 0 saturated heterocycles. The first kappa shape index (κ1) is 24.2. The van der Waals surface area contributed by atoms with Gasteiger partial charge in [0.1, 0.15) is 12.4 Å². The molecule has 4 aromatic carbocycles. The van der Waals surface area contributed by atoms with Gasteiger partial charge in [-0.25, -0.2) is 0 Å². The highest BCUT2D eigenvalue weighted by Gasteiger charge is 2.46. The van der Waals surface area contributed by atoms with E-state index in [1.54, 1.807) is 35.1 Å². The van der Waals surface area contributed by atoms with Crippen LogP contribution < -0.4 is 9.46 Å². The zero-order valence-corrected chi connectivity index (χ0v) is 19.6. The summed E-state index contributed by atoms with van der Waals surface area (Å²) < 4.78 is 68.2. The molecule has 0 fully saturated rings. The molecule has 4 aromatic rings. The molecule has 0 aliphatic rings. The number of sulfonamides is 1. The molecule has 0 radical (unpaired) electrons. The van der Waals surface area contributed by atoms with Crippen LogP contribution >= 0.6 is 23.2 Å². The molecule has 0 aromatic heterocycles. The first-order valence-corrected chi connectivity index (χ1v) is 12.1. The Bertz CT molecular complexity index is 1470. The normalized spacial score (nSPS) is 12.0. The van der Waals surface area contributed by atoms with Crippen molar-refractivity contribution in [2.45, 2.75) is 12.1 Å². The Morgan fingerprint density at radius 3 is 2.29 bits per heavy atom. The van der Waals surface area contributed by atoms with Crippen molar-refractivity contribution in [3.8, 4) is 16.9 Å². The quantitative estimate of drug-likeness (QED) is 0.281. The van der Waals surface area contributed by atoms with E-state index in [4.69, 9.17) is 27.9 Å². The van der Waals surface area contributed by atoms with Gasteiger partial charge < -0.3 is 4.74 Å². The van der Waals surface area contributed by atoms with Gasteiger partial charge >= 0.3 is 15.5 Å². The fraction of sp³-hybridized carbons (Fsp3) is 0.0833. The van der Waals surface area contributed by atoms with E-state index in [-0.39, 0.29) is 12.3 Å². The Kier molecular flexibility index (Phi) is 6.66. The third-order valence-electron chi connectivity index (χ3n) is 4.97. The largest absolute Gasteiger partial charge is 0.516 e. The number of alkyl halides is 3. The predicted molar refractivity (Wildman–Crippen MR) is 129 cm³/mol. The molecule has 0 bridgehead atoms. The van der Waals surface area contributed by atoms with Crippen molar-refractivity contribution in [1.82, 2.24) is 0 Å². The molecule has 10 heteroatoms. The predicted octanol–water partition coefficient (Wildman–Crippen LogP) is 7.65. The summed E-state index contributed by atoms with van der Waals surface area (Å²) >= 11 is 12.1. The number of halogens is 5. The van der Waals surface area contributed by atoms with Gasteiger partial charge in [-0.1, -0.05) is 59.6 Å². The summed E-state index contributed by atoms with van der Waals surface area (Å²) in [6.45, 7) is 0.233. The van der Waals surface area contributed by atoms with E-state index in [9.17, 15) is 21.6 Å². The summed E-state index contributed by atoms with van der Waals surface area (Å²) in [6.07, 6.45) is 0. The van der Waals surface area contributed by atoms with Crippen LogP contribution in [-0.2, 0) is 16.6 Å². The van der Waals surface area contributed by atoms with Crippen molar-refractivity contribution in [2.24, 2.45) is 0 Å². The number of ether oxygens (including phenoxy) is 1. The number of anilines is 1. The summed E-state index contributed by atoms with van der Waals surface area (Å²) in [6, 6.07) is 22.2. The maximum absolute atomic E-state index is 12.6. The number of hydrogen-bond donors (Lipinski definition) is 1. The molecule has 0 unspecified atom stereocenters. The minimum Gasteiger partial charge on any atom is -0.488 e. The van der Waals surface area contributed by atoms with Crippen molar-refractivity contribution in [3.63, 3.8) is 0 Å². The minimum atomic E-state index is -5.50. The van der Waals surface area contributed by atoms with Crippen LogP contribution in [0.3, 0.4) is 0 Å². The van der Waals surface area contributed by atoms with E-state index < -0.39 is 15.5 Å². The van der Waals surface area contributed by atoms with Gasteiger partial charge in [-0.2, -0.15) is 21.6 Å².